The van der Waals surface area contributed by atoms with Gasteiger partial charge in [0.2, 0.25) is 5.91 Å². The molecule has 1 fully saturated rings. The molecular formula is C14H26N2O3. The molecule has 1 amide bonds. The van der Waals surface area contributed by atoms with Gasteiger partial charge in [0.25, 0.3) is 0 Å². The zero-order valence-electron chi connectivity index (χ0n) is 12.1. The van der Waals surface area contributed by atoms with E-state index in [2.05, 4.69) is 5.32 Å². The minimum absolute atomic E-state index is 0.312. The van der Waals surface area contributed by atoms with Gasteiger partial charge < -0.3 is 16.2 Å². The fourth-order valence-electron chi connectivity index (χ4n) is 2.86. The second-order valence-electron chi connectivity index (χ2n) is 6.31. The number of amides is 1. The second-order valence-corrected chi connectivity index (χ2v) is 6.31. The molecule has 5 heteroatoms. The van der Waals surface area contributed by atoms with Crippen molar-refractivity contribution in [2.45, 2.75) is 64.5 Å². The molecule has 0 aliphatic heterocycles. The van der Waals surface area contributed by atoms with Crippen LogP contribution in [0.5, 0.6) is 0 Å². The lowest BCUT2D eigenvalue weighted by molar-refractivity contribution is -0.150. The molecule has 1 aliphatic carbocycles. The minimum Gasteiger partial charge on any atom is -0.480 e. The number of carboxylic acid groups (broad SMARTS) is 1. The maximum Gasteiger partial charge on any atom is 0.329 e. The van der Waals surface area contributed by atoms with Gasteiger partial charge in [-0.1, -0.05) is 33.6 Å². The van der Waals surface area contributed by atoms with E-state index in [0.717, 1.165) is 12.8 Å². The van der Waals surface area contributed by atoms with Crippen LogP contribution in [-0.4, -0.2) is 28.6 Å². The van der Waals surface area contributed by atoms with Crippen LogP contribution in [0.2, 0.25) is 0 Å². The van der Waals surface area contributed by atoms with E-state index in [0.29, 0.717) is 31.1 Å². The van der Waals surface area contributed by atoms with Crippen molar-refractivity contribution >= 4 is 11.9 Å². The van der Waals surface area contributed by atoms with Crippen molar-refractivity contribution < 1.29 is 14.7 Å². The average molecular weight is 270 g/mol. The van der Waals surface area contributed by atoms with Crippen molar-refractivity contribution in [1.82, 2.24) is 5.32 Å². The highest BCUT2D eigenvalue weighted by Gasteiger charge is 2.43. The molecule has 5 nitrogen and oxygen atoms in total. The van der Waals surface area contributed by atoms with Gasteiger partial charge in [0.05, 0.1) is 6.04 Å². The van der Waals surface area contributed by atoms with Crippen LogP contribution in [0.4, 0.5) is 0 Å². The van der Waals surface area contributed by atoms with E-state index in [1.54, 1.807) is 0 Å². The predicted octanol–water partition coefficient (Wildman–Crippen LogP) is 1.51. The first kappa shape index (κ1) is 16.0. The van der Waals surface area contributed by atoms with Crippen molar-refractivity contribution in [3.05, 3.63) is 0 Å². The van der Waals surface area contributed by atoms with Gasteiger partial charge in [-0.2, -0.15) is 0 Å². The quantitative estimate of drug-likeness (QED) is 0.706. The first-order chi connectivity index (χ1) is 8.77. The Labute approximate surface area is 114 Å². The number of carboxylic acids is 1. The van der Waals surface area contributed by atoms with Crippen molar-refractivity contribution in [2.75, 3.05) is 0 Å². The standard InChI is InChI=1S/C14H26N2O3/c1-9(2)7-11(15)12(17)16-14(13(18)19)6-4-5-10(3)8-14/h9-11H,4-8,15H2,1-3H3,(H,16,17)(H,18,19)/t10?,11-,14?/m0/s1. The summed E-state index contributed by atoms with van der Waals surface area (Å²) in [4.78, 5) is 23.6. The average Bonchev–Trinajstić information content (AvgIpc) is 2.27. The van der Waals surface area contributed by atoms with Crippen molar-refractivity contribution in [1.29, 1.82) is 0 Å². The van der Waals surface area contributed by atoms with Gasteiger partial charge in [-0.15, -0.1) is 0 Å². The minimum atomic E-state index is -1.12. The third-order valence-electron chi connectivity index (χ3n) is 3.83. The van der Waals surface area contributed by atoms with Gasteiger partial charge in [-0.05, 0) is 31.1 Å². The molecule has 110 valence electrons. The Morgan fingerprint density at radius 1 is 1.47 bits per heavy atom. The lowest BCUT2D eigenvalue weighted by Crippen LogP contribution is -2.60. The Kier molecular flexibility index (Phi) is 5.35. The highest BCUT2D eigenvalue weighted by molar-refractivity contribution is 5.89. The molecule has 3 atom stereocenters. The Morgan fingerprint density at radius 2 is 2.11 bits per heavy atom. The summed E-state index contributed by atoms with van der Waals surface area (Å²) in [6, 6.07) is -0.631. The van der Waals surface area contributed by atoms with E-state index >= 15 is 0 Å². The van der Waals surface area contributed by atoms with Crippen LogP contribution >= 0.6 is 0 Å². The molecule has 4 N–H and O–H groups in total. The third-order valence-corrected chi connectivity index (χ3v) is 3.83. The molecule has 0 aromatic rings. The van der Waals surface area contributed by atoms with Gasteiger partial charge in [-0.25, -0.2) is 4.79 Å². The highest BCUT2D eigenvalue weighted by atomic mass is 16.4. The first-order valence-corrected chi connectivity index (χ1v) is 7.08. The van der Waals surface area contributed by atoms with Gasteiger partial charge in [0, 0.05) is 0 Å². The van der Waals surface area contributed by atoms with Gasteiger partial charge in [0.1, 0.15) is 5.54 Å². The molecular weight excluding hydrogens is 244 g/mol. The summed E-state index contributed by atoms with van der Waals surface area (Å²) in [7, 11) is 0. The first-order valence-electron chi connectivity index (χ1n) is 7.08. The van der Waals surface area contributed by atoms with E-state index < -0.39 is 17.6 Å². The fraction of sp³-hybridized carbons (Fsp3) is 0.857. The maximum atomic E-state index is 12.1. The predicted molar refractivity (Wildman–Crippen MR) is 73.6 cm³/mol. The van der Waals surface area contributed by atoms with Crippen LogP contribution in [0.15, 0.2) is 0 Å². The Morgan fingerprint density at radius 3 is 2.58 bits per heavy atom. The molecule has 1 saturated carbocycles. The third kappa shape index (κ3) is 4.20. The van der Waals surface area contributed by atoms with Crippen LogP contribution in [0.3, 0.4) is 0 Å². The van der Waals surface area contributed by atoms with E-state index in [1.807, 2.05) is 20.8 Å². The number of hydrogen-bond acceptors (Lipinski definition) is 3. The fourth-order valence-corrected chi connectivity index (χ4v) is 2.86. The monoisotopic (exact) mass is 270 g/mol. The Hall–Kier alpha value is -1.10. The van der Waals surface area contributed by atoms with Crippen LogP contribution in [0.25, 0.3) is 0 Å². The Bertz CT molecular complexity index is 344. The molecule has 0 saturated heterocycles. The van der Waals surface area contributed by atoms with Crippen molar-refractivity contribution in [2.24, 2.45) is 17.6 Å². The van der Waals surface area contributed by atoms with Crippen molar-refractivity contribution in [3.8, 4) is 0 Å². The summed E-state index contributed by atoms with van der Waals surface area (Å²) in [6.07, 6.45) is 3.39. The summed E-state index contributed by atoms with van der Waals surface area (Å²) < 4.78 is 0. The number of nitrogens with one attached hydrogen (secondary N) is 1. The molecule has 0 radical (unpaired) electrons. The van der Waals surface area contributed by atoms with E-state index in [1.165, 1.54) is 0 Å². The summed E-state index contributed by atoms with van der Waals surface area (Å²) in [5.41, 5.74) is 4.70. The number of aliphatic carboxylic acids is 1. The molecule has 1 rings (SSSR count). The maximum absolute atomic E-state index is 12.1. The van der Waals surface area contributed by atoms with Crippen molar-refractivity contribution in [3.63, 3.8) is 0 Å². The molecule has 0 bridgehead atoms. The number of hydrogen-bond donors (Lipinski definition) is 3. The topological polar surface area (TPSA) is 92.4 Å². The number of carbonyl (C=O) groups is 2. The number of nitrogens with two attached hydrogens (primary N) is 1. The smallest absolute Gasteiger partial charge is 0.329 e. The lowest BCUT2D eigenvalue weighted by Gasteiger charge is -2.37. The van der Waals surface area contributed by atoms with Crippen LogP contribution < -0.4 is 11.1 Å². The zero-order valence-corrected chi connectivity index (χ0v) is 12.1. The second kappa shape index (κ2) is 6.37. The van der Waals surface area contributed by atoms with E-state index in [4.69, 9.17) is 5.73 Å². The van der Waals surface area contributed by atoms with Gasteiger partial charge >= 0.3 is 5.97 Å². The van der Waals surface area contributed by atoms with E-state index in [9.17, 15) is 14.7 Å². The molecule has 2 unspecified atom stereocenters. The molecule has 0 spiro atoms. The summed E-state index contributed by atoms with van der Waals surface area (Å²) in [6.45, 7) is 6.00. The van der Waals surface area contributed by atoms with E-state index in [-0.39, 0.29) is 5.91 Å². The van der Waals surface area contributed by atoms with Crippen LogP contribution in [0, 0.1) is 11.8 Å². The molecule has 0 aromatic heterocycles. The molecule has 0 aromatic carbocycles. The molecule has 1 aliphatic rings. The normalized spacial score (nSPS) is 29.0. The Balaban J connectivity index is 2.73. The molecule has 0 heterocycles. The van der Waals surface area contributed by atoms with Gasteiger partial charge in [0.15, 0.2) is 0 Å². The molecule has 19 heavy (non-hydrogen) atoms. The van der Waals surface area contributed by atoms with Gasteiger partial charge in [-0.3, -0.25) is 4.79 Å². The highest BCUT2D eigenvalue weighted by Crippen LogP contribution is 2.32. The largest absolute Gasteiger partial charge is 0.480 e. The summed E-state index contributed by atoms with van der Waals surface area (Å²) in [5, 5.41) is 12.2. The SMILES string of the molecule is CC(C)C[C@H](N)C(=O)NC1(C(=O)O)CCCC(C)C1. The number of carbonyl (C=O) groups excluding carboxylic acids is 1. The lowest BCUT2D eigenvalue weighted by atomic mass is 9.76. The summed E-state index contributed by atoms with van der Waals surface area (Å²) >= 11 is 0. The van der Waals surface area contributed by atoms with Crippen LogP contribution in [0.1, 0.15) is 52.9 Å². The zero-order chi connectivity index (χ0) is 14.6. The van der Waals surface area contributed by atoms with Crippen LogP contribution in [-0.2, 0) is 9.59 Å². The number of rotatable bonds is 5. The summed E-state index contributed by atoms with van der Waals surface area (Å²) in [5.74, 6) is -0.660.